The highest BCUT2D eigenvalue weighted by atomic mass is 79.9. The van der Waals surface area contributed by atoms with Crippen LogP contribution in [-0.2, 0) is 20.9 Å². The van der Waals surface area contributed by atoms with Crippen molar-refractivity contribution in [3.63, 3.8) is 0 Å². The minimum atomic E-state index is -3.40. The van der Waals surface area contributed by atoms with Crippen LogP contribution in [0.15, 0.2) is 22.7 Å². The van der Waals surface area contributed by atoms with Crippen molar-refractivity contribution in [2.24, 2.45) is 0 Å². The molecular weight excluding hydrogens is 292 g/mol. The van der Waals surface area contributed by atoms with Gasteiger partial charge in [0, 0.05) is 4.47 Å². The molecule has 1 aromatic carbocycles. The Balaban J connectivity index is 2.74. The SMILES string of the molecule is CS(=O)(=O)OCc1ccc(Br)c(Cl)c1. The number of benzene rings is 1. The van der Waals surface area contributed by atoms with Crippen LogP contribution >= 0.6 is 27.5 Å². The van der Waals surface area contributed by atoms with Crippen LogP contribution in [0.4, 0.5) is 0 Å². The number of halogens is 2. The summed E-state index contributed by atoms with van der Waals surface area (Å²) in [5.41, 5.74) is 0.712. The molecule has 1 rings (SSSR count). The molecule has 1 aromatic rings. The molecule has 0 saturated carbocycles. The Morgan fingerprint density at radius 1 is 1.50 bits per heavy atom. The summed E-state index contributed by atoms with van der Waals surface area (Å²) in [5.74, 6) is 0. The molecule has 0 N–H and O–H groups in total. The highest BCUT2D eigenvalue weighted by Gasteiger charge is 2.04. The highest BCUT2D eigenvalue weighted by molar-refractivity contribution is 9.10. The maximum Gasteiger partial charge on any atom is 0.264 e. The summed E-state index contributed by atoms with van der Waals surface area (Å²) in [4.78, 5) is 0. The maximum atomic E-state index is 10.7. The van der Waals surface area contributed by atoms with Crippen LogP contribution in [0.3, 0.4) is 0 Å². The van der Waals surface area contributed by atoms with Crippen LogP contribution in [0.1, 0.15) is 5.56 Å². The van der Waals surface area contributed by atoms with Gasteiger partial charge in [-0.3, -0.25) is 4.18 Å². The van der Waals surface area contributed by atoms with Crippen molar-refractivity contribution in [1.29, 1.82) is 0 Å². The van der Waals surface area contributed by atoms with Gasteiger partial charge in [0.1, 0.15) is 0 Å². The third-order valence-electron chi connectivity index (χ3n) is 1.42. The topological polar surface area (TPSA) is 43.4 Å². The van der Waals surface area contributed by atoms with E-state index in [1.165, 1.54) is 0 Å². The molecule has 6 heteroatoms. The van der Waals surface area contributed by atoms with Crippen LogP contribution in [0.2, 0.25) is 5.02 Å². The summed E-state index contributed by atoms with van der Waals surface area (Å²) in [6, 6.07) is 5.13. The lowest BCUT2D eigenvalue weighted by atomic mass is 10.2. The van der Waals surface area contributed by atoms with Gasteiger partial charge in [0.05, 0.1) is 17.9 Å². The lowest BCUT2D eigenvalue weighted by molar-refractivity contribution is 0.311. The number of rotatable bonds is 3. The summed E-state index contributed by atoms with van der Waals surface area (Å²) in [6.07, 6.45) is 1.01. The Morgan fingerprint density at radius 3 is 2.64 bits per heavy atom. The average Bonchev–Trinajstić information content (AvgIpc) is 2.06. The maximum absolute atomic E-state index is 10.7. The predicted octanol–water partition coefficient (Wildman–Crippen LogP) is 2.58. The fraction of sp³-hybridized carbons (Fsp3) is 0.250. The Kier molecular flexibility index (Phi) is 3.94. The van der Waals surface area contributed by atoms with Crippen molar-refractivity contribution >= 4 is 37.6 Å². The molecule has 78 valence electrons. The second kappa shape index (κ2) is 4.61. The van der Waals surface area contributed by atoms with Crippen molar-refractivity contribution in [1.82, 2.24) is 0 Å². The van der Waals surface area contributed by atoms with Gasteiger partial charge in [-0.15, -0.1) is 0 Å². The van der Waals surface area contributed by atoms with E-state index < -0.39 is 10.1 Å². The second-order valence-corrected chi connectivity index (χ2v) is 5.62. The van der Waals surface area contributed by atoms with Crippen LogP contribution < -0.4 is 0 Å². The zero-order valence-electron chi connectivity index (χ0n) is 7.33. The first-order chi connectivity index (χ1) is 6.38. The molecule has 3 nitrogen and oxygen atoms in total. The summed E-state index contributed by atoms with van der Waals surface area (Å²) < 4.78 is 26.8. The van der Waals surface area contributed by atoms with Gasteiger partial charge in [-0.05, 0) is 33.6 Å². The molecule has 0 spiro atoms. The largest absolute Gasteiger partial charge is 0.265 e. The van der Waals surface area contributed by atoms with E-state index in [1.54, 1.807) is 18.2 Å². The van der Waals surface area contributed by atoms with E-state index in [0.29, 0.717) is 10.6 Å². The minimum absolute atomic E-state index is 0.00579. The molecule has 0 aliphatic heterocycles. The number of hydrogen-bond donors (Lipinski definition) is 0. The monoisotopic (exact) mass is 298 g/mol. The second-order valence-electron chi connectivity index (χ2n) is 2.71. The number of hydrogen-bond acceptors (Lipinski definition) is 3. The third-order valence-corrected chi connectivity index (χ3v) is 3.20. The van der Waals surface area contributed by atoms with E-state index in [-0.39, 0.29) is 6.61 Å². The van der Waals surface area contributed by atoms with Crippen molar-refractivity contribution in [2.45, 2.75) is 6.61 Å². The molecule has 0 saturated heterocycles. The molecule has 0 aliphatic rings. The van der Waals surface area contributed by atoms with Crippen LogP contribution in [0.25, 0.3) is 0 Å². The molecule has 0 amide bonds. The summed E-state index contributed by atoms with van der Waals surface area (Å²) >= 11 is 9.04. The Labute approximate surface area is 96.3 Å². The molecule has 14 heavy (non-hydrogen) atoms. The van der Waals surface area contributed by atoms with Gasteiger partial charge in [-0.2, -0.15) is 8.42 Å². The Morgan fingerprint density at radius 2 is 2.14 bits per heavy atom. The van der Waals surface area contributed by atoms with Crippen LogP contribution in [0, 0.1) is 0 Å². The summed E-state index contributed by atoms with van der Waals surface area (Å²) in [5, 5.41) is 0.527. The van der Waals surface area contributed by atoms with E-state index in [0.717, 1.165) is 10.7 Å². The highest BCUT2D eigenvalue weighted by Crippen LogP contribution is 2.23. The Bertz CT molecular complexity index is 430. The van der Waals surface area contributed by atoms with Crippen molar-refractivity contribution < 1.29 is 12.6 Å². The van der Waals surface area contributed by atoms with Crippen LogP contribution in [-0.4, -0.2) is 14.7 Å². The van der Waals surface area contributed by atoms with E-state index in [1.807, 2.05) is 0 Å². The summed E-state index contributed by atoms with van der Waals surface area (Å²) in [6.45, 7) is 0.00579. The van der Waals surface area contributed by atoms with Gasteiger partial charge in [0.15, 0.2) is 0 Å². The smallest absolute Gasteiger partial charge is 0.264 e. The van der Waals surface area contributed by atoms with E-state index in [9.17, 15) is 8.42 Å². The van der Waals surface area contributed by atoms with Gasteiger partial charge in [0.2, 0.25) is 0 Å². The molecule has 0 fully saturated rings. The molecule has 0 aliphatic carbocycles. The first kappa shape index (κ1) is 12.0. The molecule has 0 unspecified atom stereocenters. The molecule has 0 aromatic heterocycles. The van der Waals surface area contributed by atoms with E-state index >= 15 is 0 Å². The van der Waals surface area contributed by atoms with Crippen molar-refractivity contribution in [2.75, 3.05) is 6.26 Å². The lowest BCUT2D eigenvalue weighted by Crippen LogP contribution is -2.02. The lowest BCUT2D eigenvalue weighted by Gasteiger charge is -2.02. The van der Waals surface area contributed by atoms with Crippen molar-refractivity contribution in [3.8, 4) is 0 Å². The average molecular weight is 300 g/mol. The molecular formula is C8H8BrClO3S. The normalized spacial score (nSPS) is 11.6. The third kappa shape index (κ3) is 3.96. The first-order valence-electron chi connectivity index (χ1n) is 3.67. The molecule has 0 heterocycles. The van der Waals surface area contributed by atoms with E-state index in [2.05, 4.69) is 20.1 Å². The fourth-order valence-corrected chi connectivity index (χ4v) is 1.60. The standard InChI is InChI=1S/C8H8BrClO3S/c1-14(11,12)13-5-6-2-3-7(9)8(10)4-6/h2-4H,5H2,1H3. The van der Waals surface area contributed by atoms with E-state index in [4.69, 9.17) is 11.6 Å². The van der Waals surface area contributed by atoms with Gasteiger partial charge in [-0.1, -0.05) is 17.7 Å². The minimum Gasteiger partial charge on any atom is -0.265 e. The first-order valence-corrected chi connectivity index (χ1v) is 6.65. The fourth-order valence-electron chi connectivity index (χ4n) is 0.804. The summed E-state index contributed by atoms with van der Waals surface area (Å²) in [7, 11) is -3.40. The van der Waals surface area contributed by atoms with Crippen LogP contribution in [0.5, 0.6) is 0 Å². The zero-order chi connectivity index (χ0) is 10.8. The quantitative estimate of drug-likeness (QED) is 0.806. The Hall–Kier alpha value is -0.100. The zero-order valence-corrected chi connectivity index (χ0v) is 10.5. The molecule has 0 atom stereocenters. The van der Waals surface area contributed by atoms with Gasteiger partial charge >= 0.3 is 0 Å². The van der Waals surface area contributed by atoms with Gasteiger partial charge in [-0.25, -0.2) is 0 Å². The van der Waals surface area contributed by atoms with Crippen molar-refractivity contribution in [3.05, 3.63) is 33.3 Å². The molecule has 0 bridgehead atoms. The predicted molar refractivity (Wildman–Crippen MR) is 58.8 cm³/mol. The van der Waals surface area contributed by atoms with Gasteiger partial charge in [0.25, 0.3) is 10.1 Å². The molecule has 0 radical (unpaired) electrons. The van der Waals surface area contributed by atoms with Gasteiger partial charge < -0.3 is 0 Å².